The number of carbonyl (C=O) groups is 1. The first kappa shape index (κ1) is 23.1. The highest BCUT2D eigenvalue weighted by atomic mass is 32.2. The highest BCUT2D eigenvalue weighted by Gasteiger charge is 2.25. The molecule has 1 atom stereocenters. The molecule has 0 saturated heterocycles. The monoisotopic (exact) mass is 507 g/mol. The normalized spacial score (nSPS) is 15.3. The number of hydrogen-bond acceptors (Lipinski definition) is 7. The molecule has 0 aliphatic heterocycles. The number of nitriles is 1. The minimum absolute atomic E-state index is 0.123. The van der Waals surface area contributed by atoms with Gasteiger partial charge in [0.1, 0.15) is 11.1 Å². The van der Waals surface area contributed by atoms with Crippen molar-refractivity contribution < 1.29 is 4.79 Å². The van der Waals surface area contributed by atoms with Crippen LogP contribution in [0.3, 0.4) is 0 Å². The van der Waals surface area contributed by atoms with E-state index in [1.807, 2.05) is 12.1 Å². The summed E-state index contributed by atoms with van der Waals surface area (Å²) in [5.41, 5.74) is 2.85. The topological polar surface area (TPSA) is 83.6 Å². The number of thiophene rings is 2. The van der Waals surface area contributed by atoms with Crippen molar-refractivity contribution in [2.24, 2.45) is 5.92 Å². The van der Waals surface area contributed by atoms with E-state index in [-0.39, 0.29) is 11.7 Å². The summed E-state index contributed by atoms with van der Waals surface area (Å²) < 4.78 is 3.33. The zero-order valence-electron chi connectivity index (χ0n) is 19.1. The molecule has 1 aromatic carbocycles. The molecule has 0 radical (unpaired) electrons. The van der Waals surface area contributed by atoms with E-state index < -0.39 is 0 Å². The maximum Gasteiger partial charge on any atom is 0.235 e. The third-order valence-electron chi connectivity index (χ3n) is 6.09. The van der Waals surface area contributed by atoms with Gasteiger partial charge in [-0.1, -0.05) is 43.8 Å². The average molecular weight is 508 g/mol. The Morgan fingerprint density at radius 2 is 2.21 bits per heavy atom. The molecule has 1 aliphatic carbocycles. The molecule has 0 bridgehead atoms. The molecular formula is C25H25N5OS3. The van der Waals surface area contributed by atoms with Gasteiger partial charge in [0.05, 0.1) is 11.3 Å². The SMILES string of the molecule is CCCn1c(SCC(=O)Nc2sc3c(c2C#N)CCC(C)C3)nnc1-c1csc2ccccc12. The van der Waals surface area contributed by atoms with Gasteiger partial charge in [-0.2, -0.15) is 5.26 Å². The number of amides is 1. The van der Waals surface area contributed by atoms with Gasteiger partial charge < -0.3 is 9.88 Å². The quantitative estimate of drug-likeness (QED) is 0.294. The zero-order chi connectivity index (χ0) is 23.7. The predicted octanol–water partition coefficient (Wildman–Crippen LogP) is 6.36. The predicted molar refractivity (Wildman–Crippen MR) is 141 cm³/mol. The van der Waals surface area contributed by atoms with Crippen molar-refractivity contribution in [1.82, 2.24) is 14.8 Å². The Balaban J connectivity index is 1.33. The number of hydrogen-bond donors (Lipinski definition) is 1. The smallest absolute Gasteiger partial charge is 0.235 e. The van der Waals surface area contributed by atoms with Crippen molar-refractivity contribution in [3.63, 3.8) is 0 Å². The Labute approximate surface area is 211 Å². The van der Waals surface area contributed by atoms with E-state index in [0.717, 1.165) is 54.3 Å². The van der Waals surface area contributed by atoms with Crippen LogP contribution in [0.4, 0.5) is 5.00 Å². The summed E-state index contributed by atoms with van der Waals surface area (Å²) in [6.07, 6.45) is 3.94. The fraction of sp³-hybridized carbons (Fsp3) is 0.360. The third-order valence-corrected chi connectivity index (χ3v) is 9.19. The van der Waals surface area contributed by atoms with Crippen molar-refractivity contribution in [1.29, 1.82) is 5.26 Å². The van der Waals surface area contributed by atoms with E-state index in [1.165, 1.54) is 26.7 Å². The van der Waals surface area contributed by atoms with Crippen LogP contribution < -0.4 is 5.32 Å². The number of carbonyl (C=O) groups excluding carboxylic acids is 1. The van der Waals surface area contributed by atoms with Gasteiger partial charge in [-0.05, 0) is 43.2 Å². The van der Waals surface area contributed by atoms with E-state index in [9.17, 15) is 10.1 Å². The lowest BCUT2D eigenvalue weighted by atomic mass is 9.89. The lowest BCUT2D eigenvalue weighted by molar-refractivity contribution is -0.113. The van der Waals surface area contributed by atoms with Crippen molar-refractivity contribution in [3.05, 3.63) is 45.6 Å². The van der Waals surface area contributed by atoms with Gasteiger partial charge in [0.15, 0.2) is 11.0 Å². The second-order valence-corrected chi connectivity index (χ2v) is 11.6. The molecule has 1 amide bonds. The standard InChI is InChI=1S/C25H25N5OS3/c1-3-10-30-23(19-13-32-20-7-5-4-6-16(19)20)28-29-25(30)33-14-22(31)27-24-18(12-26)17-9-8-15(2)11-21(17)34-24/h4-7,13,15H,3,8-11,14H2,1-2H3,(H,27,31). The van der Waals surface area contributed by atoms with Crippen molar-refractivity contribution >= 4 is 55.4 Å². The van der Waals surface area contributed by atoms with Gasteiger partial charge in [-0.25, -0.2) is 0 Å². The van der Waals surface area contributed by atoms with Crippen LogP contribution in [0.5, 0.6) is 0 Å². The largest absolute Gasteiger partial charge is 0.316 e. The summed E-state index contributed by atoms with van der Waals surface area (Å²) in [6, 6.07) is 10.6. The van der Waals surface area contributed by atoms with Crippen LogP contribution in [-0.2, 0) is 24.2 Å². The number of nitrogens with zero attached hydrogens (tertiary/aromatic N) is 4. The summed E-state index contributed by atoms with van der Waals surface area (Å²) in [5, 5.41) is 26.3. The van der Waals surface area contributed by atoms with E-state index in [4.69, 9.17) is 0 Å². The van der Waals surface area contributed by atoms with Crippen LogP contribution in [0.2, 0.25) is 0 Å². The molecular weight excluding hydrogens is 483 g/mol. The number of nitrogens with one attached hydrogen (secondary N) is 1. The van der Waals surface area contributed by atoms with Crippen molar-refractivity contribution in [2.75, 3.05) is 11.1 Å². The highest BCUT2D eigenvalue weighted by Crippen LogP contribution is 2.39. The first-order valence-corrected chi connectivity index (χ1v) is 14.1. The van der Waals surface area contributed by atoms with Gasteiger partial charge in [-0.3, -0.25) is 4.79 Å². The molecule has 6 nitrogen and oxygen atoms in total. The third kappa shape index (κ3) is 4.38. The van der Waals surface area contributed by atoms with E-state index in [2.05, 4.69) is 57.5 Å². The summed E-state index contributed by atoms with van der Waals surface area (Å²) in [4.78, 5) is 14.1. The Morgan fingerprint density at radius 3 is 3.03 bits per heavy atom. The second-order valence-electron chi connectivity index (χ2n) is 8.61. The molecule has 1 aliphatic rings. The van der Waals surface area contributed by atoms with Crippen LogP contribution in [0.15, 0.2) is 34.8 Å². The van der Waals surface area contributed by atoms with E-state index >= 15 is 0 Å². The van der Waals surface area contributed by atoms with Gasteiger partial charge in [0, 0.05) is 32.5 Å². The minimum Gasteiger partial charge on any atom is -0.316 e. The van der Waals surface area contributed by atoms with Crippen molar-refractivity contribution in [3.8, 4) is 17.5 Å². The molecule has 0 saturated carbocycles. The molecule has 4 aromatic rings. The van der Waals surface area contributed by atoms with Gasteiger partial charge in [0.2, 0.25) is 5.91 Å². The number of rotatable bonds is 7. The average Bonchev–Trinajstić information content (AvgIpc) is 3.52. The van der Waals surface area contributed by atoms with Gasteiger partial charge >= 0.3 is 0 Å². The molecule has 3 aromatic heterocycles. The molecule has 174 valence electrons. The summed E-state index contributed by atoms with van der Waals surface area (Å²) in [5.74, 6) is 1.56. The molecule has 5 rings (SSSR count). The molecule has 34 heavy (non-hydrogen) atoms. The second kappa shape index (κ2) is 9.90. The number of aromatic nitrogens is 3. The van der Waals surface area contributed by atoms with Gasteiger partial charge in [0.25, 0.3) is 0 Å². The van der Waals surface area contributed by atoms with Gasteiger partial charge in [-0.15, -0.1) is 32.9 Å². The zero-order valence-corrected chi connectivity index (χ0v) is 21.6. The Morgan fingerprint density at radius 1 is 1.35 bits per heavy atom. The lowest BCUT2D eigenvalue weighted by Gasteiger charge is -2.17. The van der Waals surface area contributed by atoms with Crippen LogP contribution in [0.25, 0.3) is 21.5 Å². The molecule has 3 heterocycles. The first-order valence-electron chi connectivity index (χ1n) is 11.5. The Hall–Kier alpha value is -2.67. The molecule has 9 heteroatoms. The number of fused-ring (bicyclic) bond motifs is 2. The molecule has 0 spiro atoms. The van der Waals surface area contributed by atoms with E-state index in [0.29, 0.717) is 16.5 Å². The molecule has 0 fully saturated rings. The molecule has 1 N–H and O–H groups in total. The minimum atomic E-state index is -0.123. The van der Waals surface area contributed by atoms with Crippen LogP contribution in [-0.4, -0.2) is 26.4 Å². The maximum atomic E-state index is 12.8. The van der Waals surface area contributed by atoms with Crippen LogP contribution >= 0.6 is 34.4 Å². The lowest BCUT2D eigenvalue weighted by Crippen LogP contribution is -2.15. The maximum absolute atomic E-state index is 12.8. The highest BCUT2D eigenvalue weighted by molar-refractivity contribution is 7.99. The Bertz CT molecular complexity index is 1390. The summed E-state index contributed by atoms with van der Waals surface area (Å²) in [7, 11) is 0. The summed E-state index contributed by atoms with van der Waals surface area (Å²) in [6.45, 7) is 5.15. The number of benzene rings is 1. The van der Waals surface area contributed by atoms with Crippen molar-refractivity contribution in [2.45, 2.75) is 51.2 Å². The fourth-order valence-electron chi connectivity index (χ4n) is 4.42. The Kier molecular flexibility index (Phi) is 6.73. The summed E-state index contributed by atoms with van der Waals surface area (Å²) >= 11 is 4.65. The van der Waals surface area contributed by atoms with Crippen LogP contribution in [0, 0.1) is 17.2 Å². The fourth-order valence-corrected chi connectivity index (χ4v) is 7.50. The number of thioether (sulfide) groups is 1. The van der Waals surface area contributed by atoms with Crippen LogP contribution in [0.1, 0.15) is 42.7 Å². The molecule has 1 unspecified atom stereocenters. The number of anilines is 1. The van der Waals surface area contributed by atoms with E-state index in [1.54, 1.807) is 22.7 Å². The first-order chi connectivity index (χ1) is 16.6.